The Morgan fingerprint density at radius 2 is 2.10 bits per heavy atom. The van der Waals surface area contributed by atoms with Crippen LogP contribution in [0.5, 0.6) is 0 Å². The van der Waals surface area contributed by atoms with Crippen LogP contribution in [-0.4, -0.2) is 4.98 Å². The average molecular weight is 167 g/mol. The molecule has 1 aromatic rings. The Labute approximate surface area is 59.5 Å². The van der Waals surface area contributed by atoms with Gasteiger partial charge in [-0.15, -0.1) is 11.3 Å². The van der Waals surface area contributed by atoms with Crippen molar-refractivity contribution >= 4 is 11.3 Å². The number of alkyl halides is 3. The molecular formula is C5H4F3NS. The topological polar surface area (TPSA) is 12.9 Å². The van der Waals surface area contributed by atoms with Gasteiger partial charge in [-0.05, 0) is 6.92 Å². The molecule has 5 heteroatoms. The minimum Gasteiger partial charge on any atom is -0.249 e. The first-order chi connectivity index (χ1) is 4.52. The SMILES string of the molecule is Cc1ncsc1C(F)(F)F. The second-order valence-corrected chi connectivity index (χ2v) is 2.62. The van der Waals surface area contributed by atoms with Crippen molar-refractivity contribution in [3.05, 3.63) is 16.1 Å². The van der Waals surface area contributed by atoms with Crippen molar-refractivity contribution in [2.75, 3.05) is 0 Å². The molecule has 0 aromatic carbocycles. The maximum Gasteiger partial charge on any atom is 0.427 e. The van der Waals surface area contributed by atoms with E-state index >= 15 is 0 Å². The fraction of sp³-hybridized carbons (Fsp3) is 0.400. The van der Waals surface area contributed by atoms with Crippen LogP contribution in [-0.2, 0) is 6.18 Å². The first-order valence-corrected chi connectivity index (χ1v) is 3.37. The van der Waals surface area contributed by atoms with Crippen molar-refractivity contribution in [3.63, 3.8) is 0 Å². The molecular weight excluding hydrogens is 163 g/mol. The second kappa shape index (κ2) is 2.23. The number of halogens is 3. The highest BCUT2D eigenvalue weighted by atomic mass is 32.1. The number of aryl methyl sites for hydroxylation is 1. The Kier molecular flexibility index (Phi) is 1.68. The maximum atomic E-state index is 11.9. The number of thiazole rings is 1. The summed E-state index contributed by atoms with van der Waals surface area (Å²) in [4.78, 5) is 2.88. The molecule has 0 fully saturated rings. The van der Waals surface area contributed by atoms with E-state index in [-0.39, 0.29) is 5.69 Å². The van der Waals surface area contributed by atoms with E-state index in [2.05, 4.69) is 4.98 Å². The molecule has 1 nitrogen and oxygen atoms in total. The molecule has 10 heavy (non-hydrogen) atoms. The van der Waals surface area contributed by atoms with Crippen LogP contribution in [0.2, 0.25) is 0 Å². The van der Waals surface area contributed by atoms with Gasteiger partial charge in [0.05, 0.1) is 11.2 Å². The molecule has 0 aliphatic heterocycles. The molecule has 1 aromatic heterocycles. The fourth-order valence-corrected chi connectivity index (χ4v) is 1.25. The van der Waals surface area contributed by atoms with Crippen LogP contribution in [0.4, 0.5) is 13.2 Å². The Bertz CT molecular complexity index is 227. The minimum absolute atomic E-state index is 0.0532. The molecule has 0 aliphatic rings. The highest BCUT2D eigenvalue weighted by Gasteiger charge is 2.34. The van der Waals surface area contributed by atoms with Crippen molar-refractivity contribution in [2.24, 2.45) is 0 Å². The lowest BCUT2D eigenvalue weighted by Gasteiger charge is -2.01. The number of nitrogens with zero attached hydrogens (tertiary/aromatic N) is 1. The zero-order valence-corrected chi connectivity index (χ0v) is 5.88. The van der Waals surface area contributed by atoms with Gasteiger partial charge in [0.2, 0.25) is 0 Å². The molecule has 56 valence electrons. The predicted molar refractivity (Wildman–Crippen MR) is 31.9 cm³/mol. The van der Waals surface area contributed by atoms with Gasteiger partial charge in [0.15, 0.2) is 0 Å². The summed E-state index contributed by atoms with van der Waals surface area (Å²) in [5, 5.41) is 0. The number of hydrogen-bond acceptors (Lipinski definition) is 2. The Balaban J connectivity index is 3.05. The molecule has 0 saturated heterocycles. The van der Waals surface area contributed by atoms with E-state index in [9.17, 15) is 13.2 Å². The zero-order valence-electron chi connectivity index (χ0n) is 5.07. The Hall–Kier alpha value is -0.580. The number of hydrogen-bond donors (Lipinski definition) is 0. The molecule has 0 unspecified atom stereocenters. The van der Waals surface area contributed by atoms with Gasteiger partial charge in [-0.25, -0.2) is 4.98 Å². The lowest BCUT2D eigenvalue weighted by atomic mass is 10.4. The van der Waals surface area contributed by atoms with Crippen molar-refractivity contribution in [1.82, 2.24) is 4.98 Å². The third kappa shape index (κ3) is 1.29. The van der Waals surface area contributed by atoms with Gasteiger partial charge in [0, 0.05) is 0 Å². The highest BCUT2D eigenvalue weighted by molar-refractivity contribution is 7.09. The summed E-state index contributed by atoms with van der Waals surface area (Å²) in [7, 11) is 0. The summed E-state index contributed by atoms with van der Waals surface area (Å²) < 4.78 is 35.6. The van der Waals surface area contributed by atoms with E-state index in [1.165, 1.54) is 12.4 Å². The molecule has 0 saturated carbocycles. The van der Waals surface area contributed by atoms with Crippen molar-refractivity contribution < 1.29 is 13.2 Å². The van der Waals surface area contributed by atoms with Crippen molar-refractivity contribution in [1.29, 1.82) is 0 Å². The second-order valence-electron chi connectivity index (χ2n) is 1.76. The summed E-state index contributed by atoms with van der Waals surface area (Å²) in [5.41, 5.74) is 1.25. The standard InChI is InChI=1S/C5H4F3NS/c1-3-4(5(6,7)8)10-2-9-3/h2H,1H3. The number of rotatable bonds is 0. The van der Waals surface area contributed by atoms with Gasteiger partial charge in [0.25, 0.3) is 0 Å². The van der Waals surface area contributed by atoms with Gasteiger partial charge >= 0.3 is 6.18 Å². The Morgan fingerprint density at radius 1 is 1.50 bits per heavy atom. The van der Waals surface area contributed by atoms with E-state index in [1.54, 1.807) is 0 Å². The van der Waals surface area contributed by atoms with Crippen LogP contribution in [0.3, 0.4) is 0 Å². The fourth-order valence-electron chi connectivity index (χ4n) is 0.574. The average Bonchev–Trinajstić information content (AvgIpc) is 2.11. The number of aromatic nitrogens is 1. The lowest BCUT2D eigenvalue weighted by Crippen LogP contribution is -2.03. The van der Waals surface area contributed by atoms with Crippen LogP contribution in [0, 0.1) is 6.92 Å². The molecule has 0 radical (unpaired) electrons. The molecule has 0 spiro atoms. The van der Waals surface area contributed by atoms with Gasteiger partial charge < -0.3 is 0 Å². The summed E-state index contributed by atoms with van der Waals surface area (Å²) in [6.07, 6.45) is -4.23. The van der Waals surface area contributed by atoms with Crippen LogP contribution < -0.4 is 0 Å². The van der Waals surface area contributed by atoms with Crippen molar-refractivity contribution in [2.45, 2.75) is 13.1 Å². The summed E-state index contributed by atoms with van der Waals surface area (Å²) in [6, 6.07) is 0. The van der Waals surface area contributed by atoms with Gasteiger partial charge in [-0.2, -0.15) is 13.2 Å². The Morgan fingerprint density at radius 3 is 2.30 bits per heavy atom. The first-order valence-electron chi connectivity index (χ1n) is 2.49. The third-order valence-corrected chi connectivity index (χ3v) is 1.98. The molecule has 0 bridgehead atoms. The molecule has 0 N–H and O–H groups in total. The highest BCUT2D eigenvalue weighted by Crippen LogP contribution is 2.33. The van der Waals surface area contributed by atoms with Crippen LogP contribution in [0.1, 0.15) is 10.6 Å². The van der Waals surface area contributed by atoms with Gasteiger partial charge in [0.1, 0.15) is 4.88 Å². The molecule has 1 rings (SSSR count). The zero-order chi connectivity index (χ0) is 7.78. The quantitative estimate of drug-likeness (QED) is 0.578. The summed E-state index contributed by atoms with van der Waals surface area (Å²) in [6.45, 7) is 1.35. The third-order valence-electron chi connectivity index (χ3n) is 1.00. The van der Waals surface area contributed by atoms with E-state index in [0.29, 0.717) is 11.3 Å². The molecule has 0 atom stereocenters. The van der Waals surface area contributed by atoms with Crippen LogP contribution in [0.25, 0.3) is 0 Å². The lowest BCUT2D eigenvalue weighted by molar-refractivity contribution is -0.134. The summed E-state index contributed by atoms with van der Waals surface area (Å²) in [5.74, 6) is 0. The predicted octanol–water partition coefficient (Wildman–Crippen LogP) is 2.47. The first kappa shape index (κ1) is 7.53. The normalized spacial score (nSPS) is 12.0. The maximum absolute atomic E-state index is 11.9. The van der Waals surface area contributed by atoms with Gasteiger partial charge in [-0.1, -0.05) is 0 Å². The van der Waals surface area contributed by atoms with Crippen LogP contribution >= 0.6 is 11.3 Å². The molecule has 0 aliphatic carbocycles. The van der Waals surface area contributed by atoms with Crippen molar-refractivity contribution in [3.8, 4) is 0 Å². The summed E-state index contributed by atoms with van der Waals surface area (Å²) >= 11 is 0.620. The van der Waals surface area contributed by atoms with E-state index in [0.717, 1.165) is 0 Å². The monoisotopic (exact) mass is 167 g/mol. The molecule has 0 amide bonds. The smallest absolute Gasteiger partial charge is 0.249 e. The van der Waals surface area contributed by atoms with Gasteiger partial charge in [-0.3, -0.25) is 0 Å². The largest absolute Gasteiger partial charge is 0.427 e. The minimum atomic E-state index is -4.23. The molecule has 1 heterocycles. The van der Waals surface area contributed by atoms with E-state index in [4.69, 9.17) is 0 Å². The van der Waals surface area contributed by atoms with E-state index in [1.807, 2.05) is 0 Å². The van der Waals surface area contributed by atoms with E-state index < -0.39 is 11.1 Å². The van der Waals surface area contributed by atoms with Crippen LogP contribution in [0.15, 0.2) is 5.51 Å².